The molecule has 0 amide bonds. The highest BCUT2D eigenvalue weighted by Gasteiger charge is 2.15. The van der Waals surface area contributed by atoms with E-state index in [2.05, 4.69) is 4.90 Å². The highest BCUT2D eigenvalue weighted by atomic mass is 35.5. The van der Waals surface area contributed by atoms with E-state index < -0.39 is 0 Å². The van der Waals surface area contributed by atoms with Crippen LogP contribution in [0.1, 0.15) is 5.56 Å². The largest absolute Gasteiger partial charge is 0.398 e. The van der Waals surface area contributed by atoms with Crippen LogP contribution in [0.3, 0.4) is 0 Å². The van der Waals surface area contributed by atoms with E-state index in [4.69, 9.17) is 27.8 Å². The molecule has 16 heavy (non-hydrogen) atoms. The molecule has 0 saturated carbocycles. The summed E-state index contributed by atoms with van der Waals surface area (Å²) in [5.41, 5.74) is 14.0. The maximum atomic E-state index is 6.19. The molecule has 0 radical (unpaired) electrons. The highest BCUT2D eigenvalue weighted by Crippen LogP contribution is 2.31. The number of ether oxygens (including phenoxy) is 1. The van der Waals surface area contributed by atoms with Gasteiger partial charge in [0.1, 0.15) is 0 Å². The predicted molar refractivity (Wildman–Crippen MR) is 66.8 cm³/mol. The number of hydrogen-bond donors (Lipinski definition) is 2. The number of halogens is 1. The number of morpholine rings is 1. The van der Waals surface area contributed by atoms with Gasteiger partial charge in [-0.1, -0.05) is 11.6 Å². The molecule has 1 aliphatic heterocycles. The van der Waals surface area contributed by atoms with Gasteiger partial charge in [0.2, 0.25) is 0 Å². The lowest BCUT2D eigenvalue weighted by molar-refractivity contribution is 0.122. The summed E-state index contributed by atoms with van der Waals surface area (Å²) in [5, 5.41) is 0.677. The molecule has 1 saturated heterocycles. The summed E-state index contributed by atoms with van der Waals surface area (Å²) < 4.78 is 5.31. The van der Waals surface area contributed by atoms with E-state index in [1.54, 1.807) is 6.07 Å². The fourth-order valence-corrected chi connectivity index (χ4v) is 2.14. The zero-order valence-corrected chi connectivity index (χ0v) is 9.83. The third kappa shape index (κ3) is 2.24. The summed E-state index contributed by atoms with van der Waals surface area (Å²) >= 11 is 6.19. The summed E-state index contributed by atoms with van der Waals surface area (Å²) in [5.74, 6) is 0. The first kappa shape index (κ1) is 11.5. The Morgan fingerprint density at radius 1 is 1.31 bits per heavy atom. The van der Waals surface area contributed by atoms with Gasteiger partial charge < -0.3 is 21.1 Å². The molecule has 1 aromatic rings. The number of rotatable bonds is 2. The lowest BCUT2D eigenvalue weighted by atomic mass is 10.1. The fraction of sp³-hybridized carbons (Fsp3) is 0.455. The van der Waals surface area contributed by atoms with Crippen molar-refractivity contribution in [2.75, 3.05) is 36.9 Å². The first-order chi connectivity index (χ1) is 7.72. The van der Waals surface area contributed by atoms with Gasteiger partial charge in [-0.3, -0.25) is 0 Å². The zero-order valence-electron chi connectivity index (χ0n) is 9.08. The van der Waals surface area contributed by atoms with E-state index in [9.17, 15) is 0 Å². The number of benzene rings is 1. The van der Waals surface area contributed by atoms with Crippen molar-refractivity contribution in [1.29, 1.82) is 0 Å². The summed E-state index contributed by atoms with van der Waals surface area (Å²) in [7, 11) is 0. The average Bonchev–Trinajstić information content (AvgIpc) is 2.30. The Bertz CT molecular complexity index is 378. The van der Waals surface area contributed by atoms with Crippen LogP contribution in [-0.2, 0) is 11.3 Å². The van der Waals surface area contributed by atoms with Crippen molar-refractivity contribution < 1.29 is 4.74 Å². The number of nitrogen functional groups attached to an aromatic ring is 1. The third-order valence-corrected chi connectivity index (χ3v) is 3.08. The van der Waals surface area contributed by atoms with Crippen molar-refractivity contribution in [3.63, 3.8) is 0 Å². The van der Waals surface area contributed by atoms with Crippen molar-refractivity contribution in [2.24, 2.45) is 5.73 Å². The molecular formula is C11H16ClN3O. The van der Waals surface area contributed by atoms with Gasteiger partial charge in [-0.25, -0.2) is 0 Å². The number of nitrogens with zero attached hydrogens (tertiary/aromatic N) is 1. The van der Waals surface area contributed by atoms with Gasteiger partial charge in [0.15, 0.2) is 0 Å². The van der Waals surface area contributed by atoms with Crippen molar-refractivity contribution in [1.82, 2.24) is 0 Å². The van der Waals surface area contributed by atoms with Gasteiger partial charge in [0.25, 0.3) is 0 Å². The molecule has 0 aromatic heterocycles. The molecule has 5 heteroatoms. The molecule has 0 unspecified atom stereocenters. The maximum absolute atomic E-state index is 6.19. The molecule has 1 aromatic carbocycles. The smallest absolute Gasteiger partial charge is 0.0660 e. The molecule has 1 heterocycles. The second kappa shape index (κ2) is 4.91. The second-order valence-corrected chi connectivity index (χ2v) is 4.21. The Balaban J connectivity index is 2.31. The molecule has 4 nitrogen and oxygen atoms in total. The van der Waals surface area contributed by atoms with Crippen molar-refractivity contribution in [2.45, 2.75) is 6.54 Å². The molecule has 4 N–H and O–H groups in total. The number of nitrogens with two attached hydrogens (primary N) is 2. The second-order valence-electron chi connectivity index (χ2n) is 3.81. The molecule has 1 aliphatic rings. The van der Waals surface area contributed by atoms with E-state index in [1.165, 1.54) is 0 Å². The SMILES string of the molecule is NCc1cc(N2CCOCC2)c(Cl)cc1N. The van der Waals surface area contributed by atoms with Crippen LogP contribution >= 0.6 is 11.6 Å². The molecule has 2 rings (SSSR count). The van der Waals surface area contributed by atoms with Gasteiger partial charge in [0.05, 0.1) is 23.9 Å². The summed E-state index contributed by atoms with van der Waals surface area (Å²) in [4.78, 5) is 2.20. The van der Waals surface area contributed by atoms with E-state index >= 15 is 0 Å². The van der Waals surface area contributed by atoms with Crippen LogP contribution in [0.4, 0.5) is 11.4 Å². The average molecular weight is 242 g/mol. The van der Waals surface area contributed by atoms with Gasteiger partial charge >= 0.3 is 0 Å². The Morgan fingerprint density at radius 3 is 2.62 bits per heavy atom. The Morgan fingerprint density at radius 2 is 2.00 bits per heavy atom. The summed E-state index contributed by atoms with van der Waals surface area (Å²) in [6.07, 6.45) is 0. The van der Waals surface area contributed by atoms with Crippen molar-refractivity contribution in [3.05, 3.63) is 22.7 Å². The minimum atomic E-state index is 0.431. The lowest BCUT2D eigenvalue weighted by Gasteiger charge is -2.30. The first-order valence-corrected chi connectivity index (χ1v) is 5.71. The van der Waals surface area contributed by atoms with Gasteiger partial charge in [-0.05, 0) is 17.7 Å². The monoisotopic (exact) mass is 241 g/mol. The quantitative estimate of drug-likeness (QED) is 0.765. The zero-order chi connectivity index (χ0) is 11.5. The van der Waals surface area contributed by atoms with Gasteiger partial charge in [-0.15, -0.1) is 0 Å². The lowest BCUT2D eigenvalue weighted by Crippen LogP contribution is -2.36. The van der Waals surface area contributed by atoms with Crippen molar-refractivity contribution in [3.8, 4) is 0 Å². The van der Waals surface area contributed by atoms with Crippen LogP contribution in [0.15, 0.2) is 12.1 Å². The minimum Gasteiger partial charge on any atom is -0.398 e. The summed E-state index contributed by atoms with van der Waals surface area (Å²) in [6.45, 7) is 3.61. The molecule has 88 valence electrons. The van der Waals surface area contributed by atoms with Crippen LogP contribution in [0, 0.1) is 0 Å². The maximum Gasteiger partial charge on any atom is 0.0660 e. The van der Waals surface area contributed by atoms with Gasteiger partial charge in [0, 0.05) is 25.3 Å². The topological polar surface area (TPSA) is 64.5 Å². The van der Waals surface area contributed by atoms with Crippen LogP contribution < -0.4 is 16.4 Å². The standard InChI is InChI=1S/C11H16ClN3O/c12-9-6-10(14)8(7-13)5-11(9)15-1-3-16-4-2-15/h5-6H,1-4,7,13-14H2. The fourth-order valence-electron chi connectivity index (χ4n) is 1.84. The summed E-state index contributed by atoms with van der Waals surface area (Å²) in [6, 6.07) is 3.75. The normalized spacial score (nSPS) is 16.5. The van der Waals surface area contributed by atoms with Gasteiger partial charge in [-0.2, -0.15) is 0 Å². The number of hydrogen-bond acceptors (Lipinski definition) is 4. The highest BCUT2D eigenvalue weighted by molar-refractivity contribution is 6.33. The Labute approximate surface area is 100 Å². The van der Waals surface area contributed by atoms with Crippen molar-refractivity contribution >= 4 is 23.0 Å². The van der Waals surface area contributed by atoms with E-state index in [1.807, 2.05) is 6.07 Å². The molecule has 1 fully saturated rings. The molecular weight excluding hydrogens is 226 g/mol. The molecule has 0 spiro atoms. The third-order valence-electron chi connectivity index (χ3n) is 2.78. The Hall–Kier alpha value is -0.970. The van der Waals surface area contributed by atoms with Crippen LogP contribution in [0.5, 0.6) is 0 Å². The van der Waals surface area contributed by atoms with E-state index in [-0.39, 0.29) is 0 Å². The van der Waals surface area contributed by atoms with E-state index in [0.717, 1.165) is 37.6 Å². The number of anilines is 2. The predicted octanol–water partition coefficient (Wildman–Crippen LogP) is 1.22. The molecule has 0 bridgehead atoms. The van der Waals surface area contributed by atoms with Crippen LogP contribution in [0.2, 0.25) is 5.02 Å². The van der Waals surface area contributed by atoms with Crippen LogP contribution in [-0.4, -0.2) is 26.3 Å². The minimum absolute atomic E-state index is 0.431. The first-order valence-electron chi connectivity index (χ1n) is 5.33. The Kier molecular flexibility index (Phi) is 3.53. The molecule has 0 atom stereocenters. The van der Waals surface area contributed by atoms with E-state index in [0.29, 0.717) is 17.3 Å². The molecule has 0 aliphatic carbocycles. The van der Waals surface area contributed by atoms with Crippen LogP contribution in [0.25, 0.3) is 0 Å².